The van der Waals surface area contributed by atoms with Gasteiger partial charge in [-0.2, -0.15) is 0 Å². The lowest BCUT2D eigenvalue weighted by atomic mass is 9.97. The Labute approximate surface area is 154 Å². The fraction of sp³-hybridized carbons (Fsp3) is 0.611. The summed E-state index contributed by atoms with van der Waals surface area (Å²) >= 11 is 6.34. The van der Waals surface area contributed by atoms with E-state index in [9.17, 15) is 8.42 Å². The SMILES string of the molecule is CN(C)[C@@H]1CCC[C@@H]1S(=O)(=O)c1c(Cl)ccc2nc(C(C)(C)C)oc12. The Balaban J connectivity index is 2.20. The van der Waals surface area contributed by atoms with Crippen molar-refractivity contribution in [1.29, 1.82) is 0 Å². The Kier molecular flexibility index (Phi) is 4.67. The van der Waals surface area contributed by atoms with Crippen molar-refractivity contribution >= 4 is 32.5 Å². The number of hydrogen-bond donors (Lipinski definition) is 0. The van der Waals surface area contributed by atoms with E-state index in [0.29, 0.717) is 17.8 Å². The van der Waals surface area contributed by atoms with Gasteiger partial charge in [0.15, 0.2) is 15.4 Å². The molecule has 1 heterocycles. The van der Waals surface area contributed by atoms with Gasteiger partial charge in [-0.3, -0.25) is 0 Å². The first-order chi connectivity index (χ1) is 11.5. The minimum absolute atomic E-state index is 0.0127. The lowest BCUT2D eigenvalue weighted by molar-refractivity contribution is 0.299. The summed E-state index contributed by atoms with van der Waals surface area (Å²) in [7, 11) is 0.217. The van der Waals surface area contributed by atoms with Gasteiger partial charge in [0.05, 0.1) is 10.3 Å². The fourth-order valence-corrected chi connectivity index (χ4v) is 6.33. The van der Waals surface area contributed by atoms with Crippen molar-refractivity contribution in [3.63, 3.8) is 0 Å². The summed E-state index contributed by atoms with van der Waals surface area (Å²) < 4.78 is 32.8. The van der Waals surface area contributed by atoms with Crippen LogP contribution >= 0.6 is 11.6 Å². The van der Waals surface area contributed by atoms with Crippen LogP contribution in [0.1, 0.15) is 45.9 Å². The number of rotatable bonds is 3. The highest BCUT2D eigenvalue weighted by molar-refractivity contribution is 7.92. The molecular formula is C18H25ClN2O3S. The van der Waals surface area contributed by atoms with Crippen molar-refractivity contribution in [1.82, 2.24) is 9.88 Å². The molecule has 1 saturated carbocycles. The van der Waals surface area contributed by atoms with Crippen LogP contribution in [-0.4, -0.2) is 43.7 Å². The third kappa shape index (κ3) is 3.20. The van der Waals surface area contributed by atoms with E-state index < -0.39 is 15.1 Å². The van der Waals surface area contributed by atoms with Crippen molar-refractivity contribution in [2.24, 2.45) is 0 Å². The van der Waals surface area contributed by atoms with E-state index in [1.807, 2.05) is 39.8 Å². The number of hydrogen-bond acceptors (Lipinski definition) is 5. The molecule has 2 atom stereocenters. The third-order valence-electron chi connectivity index (χ3n) is 4.87. The first-order valence-electron chi connectivity index (χ1n) is 8.53. The Hall–Kier alpha value is -1.11. The monoisotopic (exact) mass is 384 g/mol. The largest absolute Gasteiger partial charge is 0.439 e. The molecule has 25 heavy (non-hydrogen) atoms. The molecule has 3 rings (SSSR count). The number of sulfone groups is 1. The van der Waals surface area contributed by atoms with Gasteiger partial charge in [-0.05, 0) is 39.1 Å². The fourth-order valence-electron chi connectivity index (χ4n) is 3.54. The van der Waals surface area contributed by atoms with Crippen molar-refractivity contribution in [2.75, 3.05) is 14.1 Å². The van der Waals surface area contributed by atoms with E-state index in [1.54, 1.807) is 12.1 Å². The smallest absolute Gasteiger partial charge is 0.200 e. The number of oxazole rings is 1. The molecule has 138 valence electrons. The first-order valence-corrected chi connectivity index (χ1v) is 10.5. The van der Waals surface area contributed by atoms with Crippen molar-refractivity contribution in [2.45, 2.75) is 61.6 Å². The van der Waals surface area contributed by atoms with E-state index in [0.717, 1.165) is 12.8 Å². The third-order valence-corrected chi connectivity index (χ3v) is 7.62. The lowest BCUT2D eigenvalue weighted by Crippen LogP contribution is -2.39. The van der Waals surface area contributed by atoms with Gasteiger partial charge in [0, 0.05) is 11.5 Å². The van der Waals surface area contributed by atoms with Gasteiger partial charge in [0.2, 0.25) is 5.89 Å². The number of benzene rings is 1. The van der Waals surface area contributed by atoms with Crippen LogP contribution in [-0.2, 0) is 15.3 Å². The van der Waals surface area contributed by atoms with Crippen LogP contribution in [0.5, 0.6) is 0 Å². The molecule has 0 bridgehead atoms. The van der Waals surface area contributed by atoms with Crippen LogP contribution < -0.4 is 0 Å². The van der Waals surface area contributed by atoms with Gasteiger partial charge >= 0.3 is 0 Å². The molecule has 0 N–H and O–H groups in total. The molecule has 0 spiro atoms. The zero-order valence-corrected chi connectivity index (χ0v) is 16.9. The Bertz CT molecular complexity index is 897. The summed E-state index contributed by atoms with van der Waals surface area (Å²) in [4.78, 5) is 6.56. The first kappa shape index (κ1) is 18.7. The summed E-state index contributed by atoms with van der Waals surface area (Å²) in [6.45, 7) is 5.94. The Morgan fingerprint density at radius 2 is 1.92 bits per heavy atom. The summed E-state index contributed by atoms with van der Waals surface area (Å²) in [5, 5.41) is -0.276. The van der Waals surface area contributed by atoms with E-state index in [2.05, 4.69) is 4.98 Å². The number of fused-ring (bicyclic) bond motifs is 1. The molecule has 1 fully saturated rings. The molecule has 0 aliphatic heterocycles. The maximum Gasteiger partial charge on any atom is 0.200 e. The van der Waals surface area contributed by atoms with Gasteiger partial charge in [0.25, 0.3) is 0 Å². The van der Waals surface area contributed by atoms with Gasteiger partial charge in [-0.15, -0.1) is 0 Å². The van der Waals surface area contributed by atoms with Crippen LogP contribution in [0.25, 0.3) is 11.1 Å². The molecular weight excluding hydrogens is 360 g/mol. The van der Waals surface area contributed by atoms with Crippen molar-refractivity contribution in [3.05, 3.63) is 23.0 Å². The van der Waals surface area contributed by atoms with Gasteiger partial charge in [-0.1, -0.05) is 38.8 Å². The zero-order chi connectivity index (χ0) is 18.6. The van der Waals surface area contributed by atoms with E-state index in [1.165, 1.54) is 0 Å². The molecule has 2 aromatic rings. The quantitative estimate of drug-likeness (QED) is 0.799. The van der Waals surface area contributed by atoms with Crippen LogP contribution in [0.2, 0.25) is 5.02 Å². The van der Waals surface area contributed by atoms with Crippen molar-refractivity contribution < 1.29 is 12.8 Å². The second-order valence-corrected chi connectivity index (χ2v) is 10.6. The highest BCUT2D eigenvalue weighted by Gasteiger charge is 2.42. The van der Waals surface area contributed by atoms with Gasteiger partial charge in [-0.25, -0.2) is 13.4 Å². The van der Waals surface area contributed by atoms with Crippen molar-refractivity contribution in [3.8, 4) is 0 Å². The van der Waals surface area contributed by atoms with Crippen LogP contribution in [0, 0.1) is 0 Å². The predicted octanol–water partition coefficient (Wildman–Crippen LogP) is 4.04. The summed E-state index contributed by atoms with van der Waals surface area (Å²) in [5.41, 5.74) is 0.501. The van der Waals surface area contributed by atoms with Crippen LogP contribution in [0.15, 0.2) is 21.4 Å². The van der Waals surface area contributed by atoms with E-state index >= 15 is 0 Å². The highest BCUT2D eigenvalue weighted by Crippen LogP contribution is 2.39. The summed E-state index contributed by atoms with van der Waals surface area (Å²) in [5.74, 6) is 0.511. The second-order valence-electron chi connectivity index (χ2n) is 8.04. The predicted molar refractivity (Wildman–Crippen MR) is 100 cm³/mol. The molecule has 1 aromatic carbocycles. The Morgan fingerprint density at radius 1 is 1.24 bits per heavy atom. The van der Waals surface area contributed by atoms with Crippen LogP contribution in [0.3, 0.4) is 0 Å². The number of aromatic nitrogens is 1. The number of halogens is 1. The molecule has 0 amide bonds. The Morgan fingerprint density at radius 3 is 2.52 bits per heavy atom. The summed E-state index contributed by atoms with van der Waals surface area (Å²) in [6, 6.07) is 3.31. The van der Waals surface area contributed by atoms with Crippen LogP contribution in [0.4, 0.5) is 0 Å². The molecule has 0 saturated heterocycles. The highest BCUT2D eigenvalue weighted by atomic mass is 35.5. The zero-order valence-electron chi connectivity index (χ0n) is 15.3. The van der Waals surface area contributed by atoms with E-state index in [-0.39, 0.29) is 27.0 Å². The molecule has 7 heteroatoms. The maximum absolute atomic E-state index is 13.4. The minimum Gasteiger partial charge on any atom is -0.439 e. The van der Waals surface area contributed by atoms with Gasteiger partial charge in [0.1, 0.15) is 10.4 Å². The molecule has 0 unspecified atom stereocenters. The molecule has 1 aliphatic carbocycles. The average Bonchev–Trinajstić information content (AvgIpc) is 3.12. The average molecular weight is 385 g/mol. The molecule has 5 nitrogen and oxygen atoms in total. The molecule has 1 aromatic heterocycles. The normalized spacial score (nSPS) is 22.2. The summed E-state index contributed by atoms with van der Waals surface area (Å²) in [6.07, 6.45) is 2.40. The topological polar surface area (TPSA) is 63.4 Å². The molecule has 0 radical (unpaired) electrons. The standard InChI is InChI=1S/C18H25ClN2O3S/c1-18(2,3)17-20-12-10-9-11(19)16(15(12)24-17)25(22,23)14-8-6-7-13(14)21(4)5/h9-10,13-14H,6-8H2,1-5H3/t13-,14+/m1/s1. The number of nitrogens with zero attached hydrogens (tertiary/aromatic N) is 2. The molecule has 1 aliphatic rings. The van der Waals surface area contributed by atoms with E-state index in [4.69, 9.17) is 16.0 Å². The minimum atomic E-state index is -3.63. The van der Waals surface area contributed by atoms with Gasteiger partial charge < -0.3 is 9.32 Å². The second kappa shape index (κ2) is 6.25. The maximum atomic E-state index is 13.4. The lowest BCUT2D eigenvalue weighted by Gasteiger charge is -2.26.